The van der Waals surface area contributed by atoms with Crippen molar-refractivity contribution in [2.75, 3.05) is 20.2 Å². The number of rotatable bonds is 7. The van der Waals surface area contributed by atoms with E-state index in [0.29, 0.717) is 13.2 Å². The summed E-state index contributed by atoms with van der Waals surface area (Å²) in [5, 5.41) is 0. The number of nitrogens with zero attached hydrogens (tertiary/aromatic N) is 1. The molecule has 2 N–H and O–H groups in total. The van der Waals surface area contributed by atoms with Gasteiger partial charge in [-0.3, -0.25) is 4.90 Å². The van der Waals surface area contributed by atoms with E-state index in [2.05, 4.69) is 43.1 Å². The van der Waals surface area contributed by atoms with Crippen LogP contribution < -0.4 is 10.5 Å². The standard InChI is InChI=1S/C18H24N2O/c1-15-5-3-7-17(11-15)14-20(2)9-10-21-18-8-4-6-16(12-18)13-19/h3-8,11-12H,9-10,13-14,19H2,1-2H3. The van der Waals surface area contributed by atoms with Crippen molar-refractivity contribution in [1.82, 2.24) is 4.90 Å². The first-order valence-corrected chi connectivity index (χ1v) is 7.33. The van der Waals surface area contributed by atoms with Crippen molar-refractivity contribution in [3.63, 3.8) is 0 Å². The first-order chi connectivity index (χ1) is 10.2. The fraction of sp³-hybridized carbons (Fsp3) is 0.333. The van der Waals surface area contributed by atoms with E-state index < -0.39 is 0 Å². The van der Waals surface area contributed by atoms with Crippen LogP contribution in [0.15, 0.2) is 48.5 Å². The zero-order chi connectivity index (χ0) is 15.1. The monoisotopic (exact) mass is 284 g/mol. The van der Waals surface area contributed by atoms with Gasteiger partial charge in [0.25, 0.3) is 0 Å². The van der Waals surface area contributed by atoms with Gasteiger partial charge in [0.2, 0.25) is 0 Å². The number of hydrogen-bond donors (Lipinski definition) is 1. The molecular formula is C18H24N2O. The Hall–Kier alpha value is -1.84. The number of aryl methyl sites for hydroxylation is 1. The molecule has 0 unspecified atom stereocenters. The number of likely N-dealkylation sites (N-methyl/N-ethyl adjacent to an activating group) is 1. The van der Waals surface area contributed by atoms with E-state index in [-0.39, 0.29) is 0 Å². The fourth-order valence-electron chi connectivity index (χ4n) is 2.28. The molecule has 2 rings (SSSR count). The molecule has 0 aliphatic heterocycles. The van der Waals surface area contributed by atoms with Gasteiger partial charge in [-0.15, -0.1) is 0 Å². The van der Waals surface area contributed by atoms with Gasteiger partial charge in [-0.2, -0.15) is 0 Å². The Morgan fingerprint density at radius 2 is 1.81 bits per heavy atom. The van der Waals surface area contributed by atoms with Crippen molar-refractivity contribution >= 4 is 0 Å². The van der Waals surface area contributed by atoms with E-state index >= 15 is 0 Å². The molecule has 0 atom stereocenters. The number of ether oxygens (including phenoxy) is 1. The van der Waals surface area contributed by atoms with Crippen LogP contribution in [-0.4, -0.2) is 25.1 Å². The molecule has 21 heavy (non-hydrogen) atoms. The van der Waals surface area contributed by atoms with Gasteiger partial charge < -0.3 is 10.5 Å². The molecule has 0 radical (unpaired) electrons. The van der Waals surface area contributed by atoms with Gasteiger partial charge in [0.15, 0.2) is 0 Å². The van der Waals surface area contributed by atoms with E-state index in [1.54, 1.807) is 0 Å². The van der Waals surface area contributed by atoms with Gasteiger partial charge in [0.05, 0.1) is 0 Å². The summed E-state index contributed by atoms with van der Waals surface area (Å²) in [6.07, 6.45) is 0. The Bertz CT molecular complexity index is 569. The molecule has 0 amide bonds. The smallest absolute Gasteiger partial charge is 0.119 e. The third kappa shape index (κ3) is 5.21. The number of hydrogen-bond acceptors (Lipinski definition) is 3. The van der Waals surface area contributed by atoms with Crippen LogP contribution >= 0.6 is 0 Å². The summed E-state index contributed by atoms with van der Waals surface area (Å²) in [7, 11) is 2.11. The SMILES string of the molecule is Cc1cccc(CN(C)CCOc2cccc(CN)c2)c1. The highest BCUT2D eigenvalue weighted by atomic mass is 16.5. The third-order valence-corrected chi connectivity index (χ3v) is 3.41. The molecule has 3 nitrogen and oxygen atoms in total. The van der Waals surface area contributed by atoms with E-state index in [9.17, 15) is 0 Å². The quantitative estimate of drug-likeness (QED) is 0.849. The van der Waals surface area contributed by atoms with Crippen LogP contribution in [0.1, 0.15) is 16.7 Å². The third-order valence-electron chi connectivity index (χ3n) is 3.41. The average Bonchev–Trinajstić information content (AvgIpc) is 2.47. The van der Waals surface area contributed by atoms with Gasteiger partial charge in [0, 0.05) is 19.6 Å². The first-order valence-electron chi connectivity index (χ1n) is 7.33. The minimum Gasteiger partial charge on any atom is -0.492 e. The van der Waals surface area contributed by atoms with Crippen molar-refractivity contribution in [3.05, 3.63) is 65.2 Å². The lowest BCUT2D eigenvalue weighted by Crippen LogP contribution is -2.23. The Kier molecular flexibility index (Phi) is 5.78. The molecule has 0 aliphatic carbocycles. The molecule has 0 aliphatic rings. The van der Waals surface area contributed by atoms with E-state index in [4.69, 9.17) is 10.5 Å². The van der Waals surface area contributed by atoms with Crippen molar-refractivity contribution in [1.29, 1.82) is 0 Å². The molecule has 0 heterocycles. The van der Waals surface area contributed by atoms with Gasteiger partial charge in [-0.1, -0.05) is 42.0 Å². The molecule has 0 bridgehead atoms. The molecule has 0 aromatic heterocycles. The largest absolute Gasteiger partial charge is 0.492 e. The summed E-state index contributed by atoms with van der Waals surface area (Å²) in [6, 6.07) is 16.6. The van der Waals surface area contributed by atoms with Crippen molar-refractivity contribution in [2.24, 2.45) is 5.73 Å². The molecule has 0 saturated heterocycles. The van der Waals surface area contributed by atoms with Crippen LogP contribution in [-0.2, 0) is 13.1 Å². The topological polar surface area (TPSA) is 38.5 Å². The summed E-state index contributed by atoms with van der Waals surface area (Å²) in [5.74, 6) is 0.891. The van der Waals surface area contributed by atoms with Crippen LogP contribution in [0.25, 0.3) is 0 Å². The lowest BCUT2D eigenvalue weighted by molar-refractivity contribution is 0.232. The zero-order valence-corrected chi connectivity index (χ0v) is 12.9. The normalized spacial score (nSPS) is 10.9. The van der Waals surface area contributed by atoms with Crippen molar-refractivity contribution in [3.8, 4) is 5.75 Å². The molecule has 2 aromatic carbocycles. The summed E-state index contributed by atoms with van der Waals surface area (Å²) in [4.78, 5) is 2.27. The second-order valence-electron chi connectivity index (χ2n) is 5.43. The number of nitrogens with two attached hydrogens (primary N) is 1. The molecule has 112 valence electrons. The highest BCUT2D eigenvalue weighted by molar-refractivity contribution is 5.28. The molecule has 0 spiro atoms. The summed E-state index contributed by atoms with van der Waals surface area (Å²) in [5.41, 5.74) is 9.37. The van der Waals surface area contributed by atoms with Crippen LogP contribution in [0.2, 0.25) is 0 Å². The van der Waals surface area contributed by atoms with Gasteiger partial charge in [-0.05, 0) is 37.2 Å². The second-order valence-corrected chi connectivity index (χ2v) is 5.43. The van der Waals surface area contributed by atoms with E-state index in [1.165, 1.54) is 11.1 Å². The maximum absolute atomic E-state index is 5.78. The van der Waals surface area contributed by atoms with Gasteiger partial charge in [0.1, 0.15) is 12.4 Å². The summed E-state index contributed by atoms with van der Waals surface area (Å²) < 4.78 is 5.78. The number of benzene rings is 2. The molecule has 3 heteroatoms. The summed E-state index contributed by atoms with van der Waals surface area (Å²) >= 11 is 0. The maximum atomic E-state index is 5.78. The van der Waals surface area contributed by atoms with Crippen LogP contribution in [0.3, 0.4) is 0 Å². The average molecular weight is 284 g/mol. The van der Waals surface area contributed by atoms with Gasteiger partial charge in [-0.25, -0.2) is 0 Å². The lowest BCUT2D eigenvalue weighted by atomic mass is 10.1. The Labute approximate surface area is 127 Å². The minimum atomic E-state index is 0.546. The highest BCUT2D eigenvalue weighted by Crippen LogP contribution is 2.13. The van der Waals surface area contributed by atoms with Crippen LogP contribution in [0, 0.1) is 6.92 Å². The molecule has 0 saturated carbocycles. The Morgan fingerprint density at radius 3 is 2.57 bits per heavy atom. The van der Waals surface area contributed by atoms with Crippen molar-refractivity contribution < 1.29 is 4.74 Å². The second kappa shape index (κ2) is 7.81. The fourth-order valence-corrected chi connectivity index (χ4v) is 2.28. The Morgan fingerprint density at radius 1 is 1.05 bits per heavy atom. The lowest BCUT2D eigenvalue weighted by Gasteiger charge is -2.17. The summed E-state index contributed by atoms with van der Waals surface area (Å²) in [6.45, 7) is 5.17. The van der Waals surface area contributed by atoms with E-state index in [0.717, 1.165) is 24.4 Å². The predicted molar refractivity (Wildman–Crippen MR) is 87.3 cm³/mol. The first kappa shape index (κ1) is 15.5. The van der Waals surface area contributed by atoms with Crippen LogP contribution in [0.4, 0.5) is 0 Å². The van der Waals surface area contributed by atoms with E-state index in [1.807, 2.05) is 24.3 Å². The van der Waals surface area contributed by atoms with Crippen molar-refractivity contribution in [2.45, 2.75) is 20.0 Å². The maximum Gasteiger partial charge on any atom is 0.119 e. The van der Waals surface area contributed by atoms with Crippen LogP contribution in [0.5, 0.6) is 5.75 Å². The predicted octanol–water partition coefficient (Wildman–Crippen LogP) is 2.96. The molecule has 0 fully saturated rings. The van der Waals surface area contributed by atoms with Gasteiger partial charge >= 0.3 is 0 Å². The zero-order valence-electron chi connectivity index (χ0n) is 12.9. The Balaban J connectivity index is 1.77. The minimum absolute atomic E-state index is 0.546. The molecule has 2 aromatic rings. The molecular weight excluding hydrogens is 260 g/mol. The highest BCUT2D eigenvalue weighted by Gasteiger charge is 2.02.